The molecule has 1 rings (SSSR count). The van der Waals surface area contributed by atoms with Gasteiger partial charge in [0.05, 0.1) is 19.6 Å². The maximum Gasteiger partial charge on any atom is 0.124 e. The molecule has 0 heterocycles. The summed E-state index contributed by atoms with van der Waals surface area (Å²) in [5, 5.41) is 0. The smallest absolute Gasteiger partial charge is 0.124 e. The van der Waals surface area contributed by atoms with E-state index in [0.29, 0.717) is 0 Å². The van der Waals surface area contributed by atoms with E-state index in [1.807, 2.05) is 0 Å². The van der Waals surface area contributed by atoms with Gasteiger partial charge in [0.25, 0.3) is 0 Å². The van der Waals surface area contributed by atoms with E-state index in [1.165, 1.54) is 101 Å². The largest absolute Gasteiger partial charge is 0.315 e. The standard InChI is InChI=1S/C27H50N/c1-6-11-12-13-14-15-16-17-18-22-25-28(9-4,10-5)27(7-2,8-3)26-23-20-19-21-24-26/h19-21,23-24H,6-18,22,25H2,1-5H3/q+1. The lowest BCUT2D eigenvalue weighted by molar-refractivity contribution is -0.982. The first-order valence-corrected chi connectivity index (χ1v) is 12.6. The second-order valence-corrected chi connectivity index (χ2v) is 8.79. The number of benzene rings is 1. The molecule has 0 amide bonds. The summed E-state index contributed by atoms with van der Waals surface area (Å²) in [6.45, 7) is 15.8. The molecule has 1 nitrogen and oxygen atoms in total. The van der Waals surface area contributed by atoms with Gasteiger partial charge in [-0.2, -0.15) is 0 Å². The van der Waals surface area contributed by atoms with Gasteiger partial charge in [-0.15, -0.1) is 0 Å². The highest BCUT2D eigenvalue weighted by Crippen LogP contribution is 2.42. The Kier molecular flexibility index (Phi) is 12.8. The van der Waals surface area contributed by atoms with Crippen LogP contribution in [0.1, 0.15) is 117 Å². The van der Waals surface area contributed by atoms with Crippen molar-refractivity contribution >= 4 is 0 Å². The Bertz CT molecular complexity index is 470. The molecule has 0 aromatic heterocycles. The monoisotopic (exact) mass is 388 g/mol. The minimum Gasteiger partial charge on any atom is -0.315 e. The molecule has 0 spiro atoms. The second kappa shape index (κ2) is 14.2. The van der Waals surface area contributed by atoms with Crippen LogP contribution in [0.5, 0.6) is 0 Å². The lowest BCUT2D eigenvalue weighted by atomic mass is 9.80. The molecule has 0 radical (unpaired) electrons. The Morgan fingerprint density at radius 3 is 1.50 bits per heavy atom. The van der Waals surface area contributed by atoms with Gasteiger partial charge in [0, 0.05) is 18.4 Å². The van der Waals surface area contributed by atoms with Crippen molar-refractivity contribution in [2.45, 2.75) is 117 Å². The van der Waals surface area contributed by atoms with Gasteiger partial charge in [-0.05, 0) is 26.7 Å². The van der Waals surface area contributed by atoms with E-state index in [0.717, 1.165) is 0 Å². The van der Waals surface area contributed by atoms with Crippen LogP contribution in [0.4, 0.5) is 0 Å². The normalized spacial score (nSPS) is 12.5. The molecule has 0 fully saturated rings. The number of rotatable bonds is 17. The maximum atomic E-state index is 2.42. The van der Waals surface area contributed by atoms with Crippen LogP contribution in [0, 0.1) is 0 Å². The summed E-state index contributed by atoms with van der Waals surface area (Å²) in [4.78, 5) is 0. The van der Waals surface area contributed by atoms with Crippen molar-refractivity contribution in [3.05, 3.63) is 35.9 Å². The molecule has 0 unspecified atom stereocenters. The molecule has 28 heavy (non-hydrogen) atoms. The third kappa shape index (κ3) is 6.61. The quantitative estimate of drug-likeness (QED) is 0.185. The van der Waals surface area contributed by atoms with Crippen LogP contribution in [-0.2, 0) is 5.54 Å². The average Bonchev–Trinajstić information content (AvgIpc) is 2.75. The van der Waals surface area contributed by atoms with Crippen molar-refractivity contribution in [2.75, 3.05) is 19.6 Å². The van der Waals surface area contributed by atoms with Crippen LogP contribution in [0.3, 0.4) is 0 Å². The minimum atomic E-state index is 0.268. The molecule has 0 N–H and O–H groups in total. The summed E-state index contributed by atoms with van der Waals surface area (Å²) in [6, 6.07) is 11.4. The molecule has 162 valence electrons. The lowest BCUT2D eigenvalue weighted by Crippen LogP contribution is -2.62. The van der Waals surface area contributed by atoms with Crippen LogP contribution < -0.4 is 0 Å². The highest BCUT2D eigenvalue weighted by atomic mass is 15.4. The highest BCUT2D eigenvalue weighted by molar-refractivity contribution is 5.22. The Morgan fingerprint density at radius 1 is 0.607 bits per heavy atom. The average molecular weight is 389 g/mol. The maximum absolute atomic E-state index is 2.42. The van der Waals surface area contributed by atoms with E-state index in [9.17, 15) is 0 Å². The van der Waals surface area contributed by atoms with E-state index >= 15 is 0 Å². The molecular formula is C27H50N+. The Hall–Kier alpha value is -0.820. The van der Waals surface area contributed by atoms with Crippen LogP contribution in [0.2, 0.25) is 0 Å². The van der Waals surface area contributed by atoms with Crippen LogP contribution in [-0.4, -0.2) is 24.1 Å². The second-order valence-electron chi connectivity index (χ2n) is 8.79. The van der Waals surface area contributed by atoms with Crippen molar-refractivity contribution in [3.8, 4) is 0 Å². The summed E-state index contributed by atoms with van der Waals surface area (Å²) < 4.78 is 1.25. The van der Waals surface area contributed by atoms with Gasteiger partial charge in [0.15, 0.2) is 0 Å². The summed E-state index contributed by atoms with van der Waals surface area (Å²) in [7, 11) is 0. The first kappa shape index (κ1) is 25.2. The summed E-state index contributed by atoms with van der Waals surface area (Å²) in [6.07, 6.45) is 16.7. The Labute approximate surface area is 177 Å². The van der Waals surface area contributed by atoms with Crippen LogP contribution in [0.25, 0.3) is 0 Å². The van der Waals surface area contributed by atoms with Gasteiger partial charge in [-0.1, -0.05) is 102 Å². The summed E-state index contributed by atoms with van der Waals surface area (Å²) in [5.41, 5.74) is 1.82. The summed E-state index contributed by atoms with van der Waals surface area (Å²) in [5.74, 6) is 0. The minimum absolute atomic E-state index is 0.268. The molecule has 1 aromatic rings. The highest BCUT2D eigenvalue weighted by Gasteiger charge is 2.47. The van der Waals surface area contributed by atoms with Gasteiger partial charge >= 0.3 is 0 Å². The van der Waals surface area contributed by atoms with Crippen molar-refractivity contribution < 1.29 is 4.48 Å². The van der Waals surface area contributed by atoms with Gasteiger partial charge in [0.2, 0.25) is 0 Å². The first-order chi connectivity index (χ1) is 13.7. The predicted molar refractivity (Wildman–Crippen MR) is 127 cm³/mol. The molecule has 0 aliphatic heterocycles. The molecule has 0 aliphatic rings. The topological polar surface area (TPSA) is 0 Å². The van der Waals surface area contributed by atoms with Gasteiger partial charge in [-0.3, -0.25) is 0 Å². The molecule has 0 bridgehead atoms. The molecule has 1 heteroatoms. The van der Waals surface area contributed by atoms with Gasteiger partial charge in [0.1, 0.15) is 5.54 Å². The van der Waals surface area contributed by atoms with Gasteiger partial charge < -0.3 is 4.48 Å². The Balaban J connectivity index is 2.60. The molecule has 0 atom stereocenters. The van der Waals surface area contributed by atoms with E-state index in [2.05, 4.69) is 65.0 Å². The zero-order chi connectivity index (χ0) is 20.7. The van der Waals surface area contributed by atoms with Crippen LogP contribution >= 0.6 is 0 Å². The van der Waals surface area contributed by atoms with Crippen molar-refractivity contribution in [2.24, 2.45) is 0 Å². The SMILES string of the molecule is CCCCCCCCCCCC[N+](CC)(CC)C(CC)(CC)c1ccccc1. The van der Waals surface area contributed by atoms with E-state index < -0.39 is 0 Å². The number of hydrogen-bond donors (Lipinski definition) is 0. The summed E-state index contributed by atoms with van der Waals surface area (Å²) >= 11 is 0. The molecule has 0 saturated heterocycles. The zero-order valence-corrected chi connectivity index (χ0v) is 19.9. The zero-order valence-electron chi connectivity index (χ0n) is 19.9. The lowest BCUT2D eigenvalue weighted by Gasteiger charge is -2.53. The van der Waals surface area contributed by atoms with Crippen molar-refractivity contribution in [1.29, 1.82) is 0 Å². The number of nitrogens with zero attached hydrogens (tertiary/aromatic N) is 1. The van der Waals surface area contributed by atoms with Crippen molar-refractivity contribution in [3.63, 3.8) is 0 Å². The van der Waals surface area contributed by atoms with E-state index in [1.54, 1.807) is 5.56 Å². The molecule has 1 aromatic carbocycles. The first-order valence-electron chi connectivity index (χ1n) is 12.6. The fraction of sp³-hybridized carbons (Fsp3) is 0.778. The Morgan fingerprint density at radius 2 is 1.07 bits per heavy atom. The number of hydrogen-bond acceptors (Lipinski definition) is 0. The van der Waals surface area contributed by atoms with E-state index in [-0.39, 0.29) is 5.54 Å². The number of quaternary nitrogens is 1. The number of unbranched alkanes of at least 4 members (excludes halogenated alkanes) is 9. The van der Waals surface area contributed by atoms with E-state index in [4.69, 9.17) is 0 Å². The molecule has 0 saturated carbocycles. The fourth-order valence-corrected chi connectivity index (χ4v) is 5.61. The van der Waals surface area contributed by atoms with Gasteiger partial charge in [-0.25, -0.2) is 0 Å². The molecular weight excluding hydrogens is 338 g/mol. The van der Waals surface area contributed by atoms with Crippen LogP contribution in [0.15, 0.2) is 30.3 Å². The third-order valence-electron chi connectivity index (χ3n) is 7.54. The predicted octanol–water partition coefficient (Wildman–Crippen LogP) is 8.48. The fourth-order valence-electron chi connectivity index (χ4n) is 5.61. The van der Waals surface area contributed by atoms with Crippen molar-refractivity contribution in [1.82, 2.24) is 0 Å². The molecule has 0 aliphatic carbocycles. The third-order valence-corrected chi connectivity index (χ3v) is 7.54.